The van der Waals surface area contributed by atoms with E-state index in [1.807, 2.05) is 30.3 Å². The van der Waals surface area contributed by atoms with Crippen LogP contribution in [0.1, 0.15) is 44.1 Å². The molecule has 1 heterocycles. The van der Waals surface area contributed by atoms with Crippen LogP contribution in [0, 0.1) is 0 Å². The second kappa shape index (κ2) is 9.07. The molecule has 1 aliphatic heterocycles. The van der Waals surface area contributed by atoms with Gasteiger partial charge in [-0.3, -0.25) is 19.3 Å². The lowest BCUT2D eigenvalue weighted by atomic mass is 9.98. The van der Waals surface area contributed by atoms with E-state index >= 15 is 0 Å². The Balaban J connectivity index is 1.62. The molecular formula is C21H27N3O5. The van der Waals surface area contributed by atoms with Gasteiger partial charge in [0.25, 0.3) is 5.91 Å². The predicted octanol–water partition coefficient (Wildman–Crippen LogP) is 1.83. The van der Waals surface area contributed by atoms with Crippen LogP contribution in [0.25, 0.3) is 0 Å². The minimum Gasteiger partial charge on any atom is -0.469 e. The van der Waals surface area contributed by atoms with Crippen molar-refractivity contribution in [1.29, 1.82) is 0 Å². The van der Waals surface area contributed by atoms with E-state index in [9.17, 15) is 19.2 Å². The number of hydrogen-bond acceptors (Lipinski definition) is 5. The first kappa shape index (κ1) is 20.8. The Kier molecular flexibility index (Phi) is 6.51. The summed E-state index contributed by atoms with van der Waals surface area (Å²) in [6.07, 6.45) is 3.24. The maximum atomic E-state index is 12.8. The van der Waals surface area contributed by atoms with Gasteiger partial charge in [0.1, 0.15) is 5.54 Å². The first-order valence-electron chi connectivity index (χ1n) is 9.98. The first-order chi connectivity index (χ1) is 13.9. The zero-order chi connectivity index (χ0) is 20.9. The maximum absolute atomic E-state index is 12.8. The molecule has 156 valence electrons. The van der Waals surface area contributed by atoms with E-state index in [2.05, 4.69) is 10.1 Å². The van der Waals surface area contributed by atoms with Crippen LogP contribution in [0.3, 0.4) is 0 Å². The van der Waals surface area contributed by atoms with Crippen molar-refractivity contribution in [2.75, 3.05) is 20.2 Å². The lowest BCUT2D eigenvalue weighted by Gasteiger charge is -2.24. The fourth-order valence-electron chi connectivity index (χ4n) is 3.99. The normalized spacial score (nSPS) is 17.5. The number of carbonyl (C=O) groups is 4. The summed E-state index contributed by atoms with van der Waals surface area (Å²) in [6, 6.07) is 9.04. The minimum atomic E-state index is -0.769. The molecule has 0 radical (unpaired) electrons. The monoisotopic (exact) mass is 401 g/mol. The number of methoxy groups -OCH3 is 1. The number of ether oxygens (including phenoxy) is 1. The second-order valence-electron chi connectivity index (χ2n) is 7.55. The fourth-order valence-corrected chi connectivity index (χ4v) is 3.99. The van der Waals surface area contributed by atoms with Crippen LogP contribution in [-0.2, 0) is 25.7 Å². The molecule has 1 saturated heterocycles. The Morgan fingerprint density at radius 2 is 1.83 bits per heavy atom. The number of carbonyl (C=O) groups excluding carboxylic acids is 4. The van der Waals surface area contributed by atoms with Crippen molar-refractivity contribution in [3.63, 3.8) is 0 Å². The average Bonchev–Trinajstić information content (AvgIpc) is 3.29. The molecule has 1 aromatic rings. The van der Waals surface area contributed by atoms with Crippen molar-refractivity contribution in [3.8, 4) is 0 Å². The summed E-state index contributed by atoms with van der Waals surface area (Å²) in [4.78, 5) is 52.1. The lowest BCUT2D eigenvalue weighted by molar-refractivity contribution is -0.142. The van der Waals surface area contributed by atoms with E-state index in [1.165, 1.54) is 7.11 Å². The van der Waals surface area contributed by atoms with Gasteiger partial charge in [0.15, 0.2) is 0 Å². The Bertz CT molecular complexity index is 774. The van der Waals surface area contributed by atoms with Gasteiger partial charge in [0.05, 0.1) is 13.5 Å². The Morgan fingerprint density at radius 1 is 1.14 bits per heavy atom. The van der Waals surface area contributed by atoms with Crippen LogP contribution in [0.2, 0.25) is 0 Å². The van der Waals surface area contributed by atoms with Gasteiger partial charge in [0, 0.05) is 26.1 Å². The highest BCUT2D eigenvalue weighted by Gasteiger charge is 2.52. The summed E-state index contributed by atoms with van der Waals surface area (Å²) in [7, 11) is 1.31. The van der Waals surface area contributed by atoms with E-state index < -0.39 is 17.5 Å². The van der Waals surface area contributed by atoms with E-state index in [0.717, 1.165) is 23.3 Å². The molecule has 0 unspecified atom stereocenters. The zero-order valence-corrected chi connectivity index (χ0v) is 16.7. The molecule has 3 rings (SSSR count). The van der Waals surface area contributed by atoms with Gasteiger partial charge < -0.3 is 15.0 Å². The summed E-state index contributed by atoms with van der Waals surface area (Å²) >= 11 is 0. The maximum Gasteiger partial charge on any atom is 0.325 e. The fraction of sp³-hybridized carbons (Fsp3) is 0.524. The number of imide groups is 1. The van der Waals surface area contributed by atoms with Crippen LogP contribution in [-0.4, -0.2) is 59.4 Å². The van der Waals surface area contributed by atoms with Gasteiger partial charge in [0.2, 0.25) is 5.91 Å². The highest BCUT2D eigenvalue weighted by atomic mass is 16.5. The highest BCUT2D eigenvalue weighted by molar-refractivity contribution is 6.07. The number of nitrogens with zero attached hydrogens (tertiary/aromatic N) is 2. The largest absolute Gasteiger partial charge is 0.469 e. The number of hydrogen-bond donors (Lipinski definition) is 1. The van der Waals surface area contributed by atoms with Crippen molar-refractivity contribution in [2.45, 2.75) is 50.6 Å². The molecule has 1 N–H and O–H groups in total. The van der Waals surface area contributed by atoms with Gasteiger partial charge in [-0.15, -0.1) is 0 Å². The number of esters is 1. The third-order valence-corrected chi connectivity index (χ3v) is 5.63. The first-order valence-corrected chi connectivity index (χ1v) is 9.98. The summed E-state index contributed by atoms with van der Waals surface area (Å²) in [6.45, 7) is 0.597. The molecule has 1 aromatic carbocycles. The van der Waals surface area contributed by atoms with Gasteiger partial charge in [-0.05, 0) is 18.4 Å². The Labute approximate surface area is 170 Å². The topological polar surface area (TPSA) is 96.0 Å². The summed E-state index contributed by atoms with van der Waals surface area (Å²) in [5.41, 5.74) is 0.167. The van der Waals surface area contributed by atoms with E-state index in [1.54, 1.807) is 4.90 Å². The molecule has 0 bridgehead atoms. The number of amides is 4. The van der Waals surface area contributed by atoms with Gasteiger partial charge >= 0.3 is 12.0 Å². The summed E-state index contributed by atoms with van der Waals surface area (Å²) < 4.78 is 4.67. The molecule has 0 aromatic heterocycles. The lowest BCUT2D eigenvalue weighted by Crippen LogP contribution is -2.44. The number of nitrogens with one attached hydrogen (secondary N) is 1. The van der Waals surface area contributed by atoms with Crippen molar-refractivity contribution in [3.05, 3.63) is 35.9 Å². The molecule has 4 amide bonds. The highest BCUT2D eigenvalue weighted by Crippen LogP contribution is 2.35. The van der Waals surface area contributed by atoms with Gasteiger partial charge in [-0.2, -0.15) is 0 Å². The van der Waals surface area contributed by atoms with Crippen molar-refractivity contribution in [1.82, 2.24) is 15.1 Å². The Morgan fingerprint density at radius 3 is 2.48 bits per heavy atom. The third-order valence-electron chi connectivity index (χ3n) is 5.63. The number of rotatable bonds is 8. The van der Waals surface area contributed by atoms with E-state index in [0.29, 0.717) is 19.4 Å². The van der Waals surface area contributed by atoms with Gasteiger partial charge in [-0.25, -0.2) is 4.79 Å². The molecule has 2 fully saturated rings. The van der Waals surface area contributed by atoms with Crippen LogP contribution in [0.4, 0.5) is 4.79 Å². The third kappa shape index (κ3) is 4.75. The summed E-state index contributed by atoms with van der Waals surface area (Å²) in [5.74, 6) is -0.837. The zero-order valence-electron chi connectivity index (χ0n) is 16.7. The molecule has 8 nitrogen and oxygen atoms in total. The molecule has 1 aliphatic carbocycles. The predicted molar refractivity (Wildman–Crippen MR) is 105 cm³/mol. The molecule has 0 atom stereocenters. The van der Waals surface area contributed by atoms with Crippen LogP contribution < -0.4 is 5.32 Å². The summed E-state index contributed by atoms with van der Waals surface area (Å²) in [5, 5.41) is 2.82. The van der Waals surface area contributed by atoms with Crippen molar-refractivity contribution >= 4 is 23.8 Å². The Hall–Kier alpha value is -2.90. The molecule has 2 aliphatic rings. The second-order valence-corrected chi connectivity index (χ2v) is 7.55. The number of urea groups is 1. The van der Waals surface area contributed by atoms with Crippen LogP contribution in [0.5, 0.6) is 0 Å². The van der Waals surface area contributed by atoms with Crippen LogP contribution in [0.15, 0.2) is 30.3 Å². The van der Waals surface area contributed by atoms with Crippen LogP contribution >= 0.6 is 0 Å². The molecule has 1 saturated carbocycles. The van der Waals surface area contributed by atoms with Crippen molar-refractivity contribution in [2.24, 2.45) is 0 Å². The molecule has 8 heteroatoms. The minimum absolute atomic E-state index is 0.0171. The van der Waals surface area contributed by atoms with E-state index in [-0.39, 0.29) is 37.7 Å². The standard InChI is InChI=1S/C21H27N3O5/c1-29-18(26)10-13-23(15-16-7-3-2-4-8-16)17(25)9-14-24-19(27)21(22-20(24)28)11-5-6-12-21/h2-4,7-8H,5-6,9-15H2,1H3,(H,22,28). The van der Waals surface area contributed by atoms with E-state index in [4.69, 9.17) is 0 Å². The number of benzene rings is 1. The average molecular weight is 401 g/mol. The SMILES string of the molecule is COC(=O)CCN(Cc1ccccc1)C(=O)CCN1C(=O)NC2(CCCC2)C1=O. The molecule has 1 spiro atoms. The quantitative estimate of drug-likeness (QED) is 0.530. The molecular weight excluding hydrogens is 374 g/mol. The molecule has 29 heavy (non-hydrogen) atoms. The van der Waals surface area contributed by atoms with Crippen molar-refractivity contribution < 1.29 is 23.9 Å². The smallest absolute Gasteiger partial charge is 0.325 e. The van der Waals surface area contributed by atoms with Gasteiger partial charge in [-0.1, -0.05) is 43.2 Å².